The first-order valence-electron chi connectivity index (χ1n) is 6.86. The van der Waals surface area contributed by atoms with Gasteiger partial charge in [0.1, 0.15) is 5.56 Å². The van der Waals surface area contributed by atoms with Gasteiger partial charge in [0.15, 0.2) is 0 Å². The molecule has 2 fully saturated rings. The molecule has 3 atom stereocenters. The van der Waals surface area contributed by atoms with Crippen molar-refractivity contribution in [3.8, 4) is 0 Å². The minimum absolute atomic E-state index is 0. The van der Waals surface area contributed by atoms with Gasteiger partial charge in [0.2, 0.25) is 0 Å². The Bertz CT molecular complexity index is 566. The number of hydrogen-bond acceptors (Lipinski definition) is 4. The number of nitrogens with two attached hydrogens (primary N) is 1. The summed E-state index contributed by atoms with van der Waals surface area (Å²) in [6.45, 7) is 1.29. The molecule has 0 aromatic heterocycles. The number of amides is 1. The second kappa shape index (κ2) is 5.99. The van der Waals surface area contributed by atoms with E-state index < -0.39 is 4.92 Å². The Morgan fingerprint density at radius 2 is 2.00 bits per heavy atom. The first kappa shape index (κ1) is 15.7. The van der Waals surface area contributed by atoms with Crippen molar-refractivity contribution in [2.75, 3.05) is 13.1 Å². The molecule has 21 heavy (non-hydrogen) atoms. The van der Waals surface area contributed by atoms with E-state index in [9.17, 15) is 14.9 Å². The third kappa shape index (κ3) is 2.73. The lowest BCUT2D eigenvalue weighted by Crippen LogP contribution is -2.33. The van der Waals surface area contributed by atoms with Crippen molar-refractivity contribution in [1.82, 2.24) is 4.90 Å². The van der Waals surface area contributed by atoms with Crippen molar-refractivity contribution in [2.24, 2.45) is 17.6 Å². The highest BCUT2D eigenvalue weighted by molar-refractivity contribution is 5.98. The average Bonchev–Trinajstić information content (AvgIpc) is 3.00. The zero-order valence-electron chi connectivity index (χ0n) is 11.5. The van der Waals surface area contributed by atoms with Crippen molar-refractivity contribution < 1.29 is 9.72 Å². The molecule has 1 saturated heterocycles. The van der Waals surface area contributed by atoms with Crippen LogP contribution in [0.4, 0.5) is 5.69 Å². The molecular weight excluding hydrogens is 294 g/mol. The van der Waals surface area contributed by atoms with Gasteiger partial charge >= 0.3 is 0 Å². The monoisotopic (exact) mass is 311 g/mol. The van der Waals surface area contributed by atoms with Crippen molar-refractivity contribution in [3.63, 3.8) is 0 Å². The molecule has 1 aliphatic heterocycles. The summed E-state index contributed by atoms with van der Waals surface area (Å²) < 4.78 is 0. The summed E-state index contributed by atoms with van der Waals surface area (Å²) in [5, 5.41) is 11.0. The number of carbonyl (C=O) groups is 1. The van der Waals surface area contributed by atoms with Gasteiger partial charge < -0.3 is 10.6 Å². The molecule has 1 aromatic carbocycles. The van der Waals surface area contributed by atoms with E-state index >= 15 is 0 Å². The molecule has 0 spiro atoms. The number of halogens is 1. The molecule has 2 N–H and O–H groups in total. The summed E-state index contributed by atoms with van der Waals surface area (Å²) in [6.07, 6.45) is 2.06. The molecule has 6 nitrogen and oxygen atoms in total. The minimum atomic E-state index is -0.504. The van der Waals surface area contributed by atoms with Crippen LogP contribution in [0.15, 0.2) is 24.3 Å². The Balaban J connectivity index is 0.00000161. The SMILES string of the molecule is Cl.NC1CCC2CN(C(=O)c3ccccc3[N+](=O)[O-])CC12. The van der Waals surface area contributed by atoms with Gasteiger partial charge in [-0.15, -0.1) is 12.4 Å². The number of nitro benzene ring substituents is 1. The van der Waals surface area contributed by atoms with E-state index in [2.05, 4.69) is 0 Å². The van der Waals surface area contributed by atoms with Gasteiger partial charge in [-0.2, -0.15) is 0 Å². The number of para-hydroxylation sites is 1. The van der Waals surface area contributed by atoms with Crippen LogP contribution in [0.2, 0.25) is 0 Å². The zero-order chi connectivity index (χ0) is 14.3. The van der Waals surface area contributed by atoms with Crippen molar-refractivity contribution in [3.05, 3.63) is 39.9 Å². The standard InChI is InChI=1S/C14H17N3O3.ClH/c15-12-6-5-9-7-16(8-11(9)12)14(18)10-3-1-2-4-13(10)17(19)20;/h1-4,9,11-12H,5-8,15H2;1H. The largest absolute Gasteiger partial charge is 0.338 e. The molecule has 114 valence electrons. The molecule has 1 heterocycles. The highest BCUT2D eigenvalue weighted by atomic mass is 35.5. The number of carbonyl (C=O) groups excluding carboxylic acids is 1. The fourth-order valence-electron chi connectivity index (χ4n) is 3.46. The number of nitro groups is 1. The van der Waals surface area contributed by atoms with Gasteiger partial charge in [-0.3, -0.25) is 14.9 Å². The maximum absolute atomic E-state index is 12.5. The van der Waals surface area contributed by atoms with Crippen LogP contribution in [-0.4, -0.2) is 34.9 Å². The molecule has 2 aliphatic rings. The maximum atomic E-state index is 12.5. The Labute approximate surface area is 128 Å². The van der Waals surface area contributed by atoms with Crippen LogP contribution in [0, 0.1) is 22.0 Å². The van der Waals surface area contributed by atoms with Crippen LogP contribution in [0.5, 0.6) is 0 Å². The normalized spacial score (nSPS) is 27.1. The lowest BCUT2D eigenvalue weighted by atomic mass is 9.98. The van der Waals surface area contributed by atoms with Crippen LogP contribution in [0.25, 0.3) is 0 Å². The predicted octanol–water partition coefficient (Wildman–Crippen LogP) is 1.83. The summed E-state index contributed by atoms with van der Waals surface area (Å²) in [5.41, 5.74) is 6.10. The van der Waals surface area contributed by atoms with Crippen LogP contribution >= 0.6 is 12.4 Å². The lowest BCUT2D eigenvalue weighted by Gasteiger charge is -2.18. The molecule has 3 rings (SSSR count). The van der Waals surface area contributed by atoms with Gasteiger partial charge in [0.25, 0.3) is 11.6 Å². The third-order valence-electron chi connectivity index (χ3n) is 4.53. The molecule has 3 unspecified atom stereocenters. The van der Waals surface area contributed by atoms with Crippen LogP contribution in [-0.2, 0) is 0 Å². The maximum Gasteiger partial charge on any atom is 0.282 e. The second-order valence-corrected chi connectivity index (χ2v) is 5.65. The smallest absolute Gasteiger partial charge is 0.282 e. The van der Waals surface area contributed by atoms with Gasteiger partial charge in [0.05, 0.1) is 4.92 Å². The summed E-state index contributed by atoms with van der Waals surface area (Å²) >= 11 is 0. The zero-order valence-corrected chi connectivity index (χ0v) is 12.3. The van der Waals surface area contributed by atoms with Crippen LogP contribution < -0.4 is 5.73 Å². The fraction of sp³-hybridized carbons (Fsp3) is 0.500. The average molecular weight is 312 g/mol. The van der Waals surface area contributed by atoms with E-state index in [0.717, 1.165) is 12.8 Å². The first-order valence-corrected chi connectivity index (χ1v) is 6.86. The number of fused-ring (bicyclic) bond motifs is 1. The molecule has 1 saturated carbocycles. The Morgan fingerprint density at radius 3 is 2.67 bits per heavy atom. The van der Waals surface area contributed by atoms with Gasteiger partial charge in [-0.25, -0.2) is 0 Å². The van der Waals surface area contributed by atoms with E-state index in [1.807, 2.05) is 0 Å². The van der Waals surface area contributed by atoms with Crippen LogP contribution in [0.3, 0.4) is 0 Å². The first-order chi connectivity index (χ1) is 9.58. The van der Waals surface area contributed by atoms with Crippen molar-refractivity contribution in [2.45, 2.75) is 18.9 Å². The molecule has 1 amide bonds. The van der Waals surface area contributed by atoms with E-state index in [1.54, 1.807) is 17.0 Å². The highest BCUT2D eigenvalue weighted by Crippen LogP contribution is 2.38. The molecule has 0 radical (unpaired) electrons. The van der Waals surface area contributed by atoms with E-state index in [1.165, 1.54) is 12.1 Å². The number of nitrogens with zero attached hydrogens (tertiary/aromatic N) is 2. The van der Waals surface area contributed by atoms with Crippen molar-refractivity contribution >= 4 is 24.0 Å². The summed E-state index contributed by atoms with van der Waals surface area (Å²) in [4.78, 5) is 24.7. The topological polar surface area (TPSA) is 89.5 Å². The van der Waals surface area contributed by atoms with Crippen LogP contribution in [0.1, 0.15) is 23.2 Å². The number of rotatable bonds is 2. The van der Waals surface area contributed by atoms with E-state index in [-0.39, 0.29) is 35.6 Å². The third-order valence-corrected chi connectivity index (χ3v) is 4.53. The summed E-state index contributed by atoms with van der Waals surface area (Å²) in [6, 6.07) is 6.28. The molecule has 1 aliphatic carbocycles. The molecule has 1 aromatic rings. The molecular formula is C14H18ClN3O3. The number of hydrogen-bond donors (Lipinski definition) is 1. The number of benzene rings is 1. The Morgan fingerprint density at radius 1 is 1.29 bits per heavy atom. The van der Waals surface area contributed by atoms with Gasteiger partial charge in [-0.05, 0) is 30.7 Å². The Kier molecular flexibility index (Phi) is 4.49. The fourth-order valence-corrected chi connectivity index (χ4v) is 3.46. The van der Waals surface area contributed by atoms with E-state index in [0.29, 0.717) is 24.9 Å². The molecule has 7 heteroatoms. The van der Waals surface area contributed by atoms with Gasteiger partial charge in [-0.1, -0.05) is 12.1 Å². The highest BCUT2D eigenvalue weighted by Gasteiger charge is 2.43. The number of likely N-dealkylation sites (tertiary alicyclic amines) is 1. The second-order valence-electron chi connectivity index (χ2n) is 5.65. The Hall–Kier alpha value is -1.66. The van der Waals surface area contributed by atoms with E-state index in [4.69, 9.17) is 5.73 Å². The van der Waals surface area contributed by atoms with Gasteiger partial charge in [0, 0.05) is 25.2 Å². The predicted molar refractivity (Wildman–Crippen MR) is 80.4 cm³/mol. The summed E-state index contributed by atoms with van der Waals surface area (Å²) in [5.74, 6) is 0.553. The van der Waals surface area contributed by atoms with Crippen molar-refractivity contribution in [1.29, 1.82) is 0 Å². The summed E-state index contributed by atoms with van der Waals surface area (Å²) in [7, 11) is 0. The molecule has 0 bridgehead atoms. The quantitative estimate of drug-likeness (QED) is 0.666. The minimum Gasteiger partial charge on any atom is -0.338 e. The lowest BCUT2D eigenvalue weighted by molar-refractivity contribution is -0.385.